The highest BCUT2D eigenvalue weighted by atomic mass is 16.5. The first kappa shape index (κ1) is 23.8. The molecule has 0 aliphatic carbocycles. The van der Waals surface area contributed by atoms with Crippen LogP contribution >= 0.6 is 0 Å². The normalized spacial score (nSPS) is 10.8. The molecule has 1 aromatic heterocycles. The van der Waals surface area contributed by atoms with Gasteiger partial charge in [0.15, 0.2) is 5.75 Å². The number of nitrogens with one attached hydrogen (secondary N) is 2. The number of methoxy groups -OCH3 is 2. The number of rotatable bonds is 8. The van der Waals surface area contributed by atoms with Gasteiger partial charge in [-0.3, -0.25) is 9.59 Å². The summed E-state index contributed by atoms with van der Waals surface area (Å²) in [6.45, 7) is 2.21. The molecule has 0 radical (unpaired) electrons. The summed E-state index contributed by atoms with van der Waals surface area (Å²) in [5, 5.41) is 2.66. The van der Waals surface area contributed by atoms with Crippen LogP contribution in [0.3, 0.4) is 0 Å². The summed E-state index contributed by atoms with van der Waals surface area (Å²) in [5.74, 6) is 1.22. The van der Waals surface area contributed by atoms with Gasteiger partial charge in [0.1, 0.15) is 11.6 Å². The van der Waals surface area contributed by atoms with Gasteiger partial charge < -0.3 is 30.4 Å². The number of aromatic amines is 1. The second-order valence-corrected chi connectivity index (χ2v) is 7.96. The third kappa shape index (κ3) is 4.29. The second kappa shape index (κ2) is 9.86. The number of carbonyl (C=O) groups excluding carboxylic acids is 2. The Morgan fingerprint density at radius 3 is 2.63 bits per heavy atom. The molecule has 3 aromatic carbocycles. The topological polar surface area (TPSA) is 123 Å². The van der Waals surface area contributed by atoms with Crippen LogP contribution in [-0.4, -0.2) is 43.6 Å². The van der Waals surface area contributed by atoms with Crippen molar-refractivity contribution in [1.82, 2.24) is 9.97 Å². The number of hydrogen-bond donors (Lipinski definition) is 3. The first-order valence-electron chi connectivity index (χ1n) is 10.9. The predicted molar refractivity (Wildman–Crippen MR) is 136 cm³/mol. The van der Waals surface area contributed by atoms with Gasteiger partial charge in [0.25, 0.3) is 5.91 Å². The number of hydrogen-bond acceptors (Lipinski definition) is 6. The van der Waals surface area contributed by atoms with Gasteiger partial charge >= 0.3 is 0 Å². The predicted octanol–water partition coefficient (Wildman–Crippen LogP) is 3.86. The minimum Gasteiger partial charge on any atom is -0.495 e. The molecule has 0 spiro atoms. The largest absolute Gasteiger partial charge is 0.495 e. The zero-order chi connectivity index (χ0) is 25.1. The van der Waals surface area contributed by atoms with E-state index in [2.05, 4.69) is 15.3 Å². The average Bonchev–Trinajstić information content (AvgIpc) is 3.31. The standard InChI is InChI=1S/C26H27N5O4/c1-15-8-11-20(21(12-15)34-3)31(2)26(33)18-10-9-17(25(35-4)24(18)28-14-32)16-6-5-7-19-23(16)30-22(13-27)29-19/h5-12,14H,13,27H2,1-4H3,(H,28,32)(H,29,30). The maximum Gasteiger partial charge on any atom is 0.260 e. The number of fused-ring (bicyclic) bond motifs is 1. The molecule has 1 heterocycles. The van der Waals surface area contributed by atoms with Crippen LogP contribution in [0.4, 0.5) is 11.4 Å². The lowest BCUT2D eigenvalue weighted by atomic mass is 9.98. The van der Waals surface area contributed by atoms with Gasteiger partial charge in [-0.1, -0.05) is 18.2 Å². The Morgan fingerprint density at radius 1 is 1.14 bits per heavy atom. The van der Waals surface area contributed by atoms with Crippen molar-refractivity contribution in [2.75, 3.05) is 31.5 Å². The molecule has 0 atom stereocenters. The maximum absolute atomic E-state index is 13.6. The molecule has 35 heavy (non-hydrogen) atoms. The molecule has 9 nitrogen and oxygen atoms in total. The van der Waals surface area contributed by atoms with E-state index in [9.17, 15) is 9.59 Å². The van der Waals surface area contributed by atoms with Crippen molar-refractivity contribution in [2.24, 2.45) is 5.73 Å². The first-order chi connectivity index (χ1) is 16.9. The molecule has 0 aliphatic rings. The summed E-state index contributed by atoms with van der Waals surface area (Å²) in [4.78, 5) is 34.4. The average molecular weight is 474 g/mol. The summed E-state index contributed by atoms with van der Waals surface area (Å²) in [6, 6.07) is 14.7. The molecule has 180 valence electrons. The smallest absolute Gasteiger partial charge is 0.260 e. The van der Waals surface area contributed by atoms with Gasteiger partial charge in [0, 0.05) is 18.2 Å². The van der Waals surface area contributed by atoms with Crippen molar-refractivity contribution in [2.45, 2.75) is 13.5 Å². The zero-order valence-corrected chi connectivity index (χ0v) is 20.0. The number of H-pyrrole nitrogens is 1. The van der Waals surface area contributed by atoms with Gasteiger partial charge in [-0.25, -0.2) is 4.98 Å². The molecule has 4 rings (SSSR count). The second-order valence-electron chi connectivity index (χ2n) is 7.96. The highest BCUT2D eigenvalue weighted by Crippen LogP contribution is 2.42. The Morgan fingerprint density at radius 2 is 1.94 bits per heavy atom. The van der Waals surface area contributed by atoms with Crippen molar-refractivity contribution in [1.29, 1.82) is 0 Å². The number of benzene rings is 3. The van der Waals surface area contributed by atoms with Gasteiger partial charge in [0.05, 0.1) is 48.7 Å². The fraction of sp³-hybridized carbons (Fsp3) is 0.192. The Labute approximate surface area is 202 Å². The number of para-hydroxylation sites is 1. The minimum atomic E-state index is -0.343. The lowest BCUT2D eigenvalue weighted by Gasteiger charge is -2.23. The molecular formula is C26H27N5O4. The highest BCUT2D eigenvalue weighted by molar-refractivity contribution is 6.13. The van der Waals surface area contributed by atoms with Gasteiger partial charge in [0.2, 0.25) is 6.41 Å². The molecule has 0 unspecified atom stereocenters. The number of nitrogens with two attached hydrogens (primary N) is 1. The van der Waals surface area contributed by atoms with E-state index < -0.39 is 0 Å². The number of amides is 2. The van der Waals surface area contributed by atoms with E-state index in [0.29, 0.717) is 40.5 Å². The van der Waals surface area contributed by atoms with Crippen LogP contribution < -0.4 is 25.4 Å². The number of carbonyl (C=O) groups is 2. The molecule has 0 saturated carbocycles. The fourth-order valence-corrected chi connectivity index (χ4v) is 4.14. The molecule has 0 aliphatic heterocycles. The summed E-state index contributed by atoms with van der Waals surface area (Å²) in [5.41, 5.74) is 10.9. The summed E-state index contributed by atoms with van der Waals surface area (Å²) >= 11 is 0. The SMILES string of the molecule is COc1cc(C)ccc1N(C)C(=O)c1ccc(-c2cccc3[nH]c(CN)nc23)c(OC)c1NC=O. The number of ether oxygens (including phenoxy) is 2. The quantitative estimate of drug-likeness (QED) is 0.334. The zero-order valence-electron chi connectivity index (χ0n) is 20.0. The van der Waals surface area contributed by atoms with E-state index in [4.69, 9.17) is 15.2 Å². The molecule has 9 heteroatoms. The van der Waals surface area contributed by atoms with Crippen LogP contribution in [0.2, 0.25) is 0 Å². The van der Waals surface area contributed by atoms with E-state index >= 15 is 0 Å². The Kier molecular flexibility index (Phi) is 6.70. The van der Waals surface area contributed by atoms with Crippen LogP contribution in [0.15, 0.2) is 48.5 Å². The summed E-state index contributed by atoms with van der Waals surface area (Å²) < 4.78 is 11.2. The van der Waals surface area contributed by atoms with Crippen molar-refractivity contribution in [3.63, 3.8) is 0 Å². The molecule has 0 fully saturated rings. The molecule has 0 saturated heterocycles. The van der Waals surface area contributed by atoms with Crippen molar-refractivity contribution >= 4 is 34.7 Å². The van der Waals surface area contributed by atoms with E-state index in [0.717, 1.165) is 16.6 Å². The van der Waals surface area contributed by atoms with Crippen LogP contribution in [0.1, 0.15) is 21.7 Å². The van der Waals surface area contributed by atoms with Crippen molar-refractivity contribution in [3.05, 3.63) is 65.5 Å². The third-order valence-corrected chi connectivity index (χ3v) is 5.84. The van der Waals surface area contributed by atoms with Crippen LogP contribution in [0.25, 0.3) is 22.2 Å². The molecule has 4 N–H and O–H groups in total. The summed E-state index contributed by atoms with van der Waals surface area (Å²) in [7, 11) is 4.70. The van der Waals surface area contributed by atoms with Gasteiger partial charge in [-0.2, -0.15) is 0 Å². The molecular weight excluding hydrogens is 446 g/mol. The fourth-order valence-electron chi connectivity index (χ4n) is 4.14. The van der Waals surface area contributed by atoms with Crippen LogP contribution in [0, 0.1) is 6.92 Å². The van der Waals surface area contributed by atoms with Crippen LogP contribution in [0.5, 0.6) is 11.5 Å². The number of imidazole rings is 1. The van der Waals surface area contributed by atoms with E-state index in [1.165, 1.54) is 12.0 Å². The van der Waals surface area contributed by atoms with Crippen LogP contribution in [-0.2, 0) is 11.3 Å². The number of aromatic nitrogens is 2. The Hall–Kier alpha value is -4.37. The molecule has 4 aromatic rings. The molecule has 0 bridgehead atoms. The van der Waals surface area contributed by atoms with E-state index in [1.807, 2.05) is 43.3 Å². The number of aryl methyl sites for hydroxylation is 1. The van der Waals surface area contributed by atoms with Gasteiger partial charge in [-0.15, -0.1) is 0 Å². The van der Waals surface area contributed by atoms with Crippen molar-refractivity contribution in [3.8, 4) is 22.6 Å². The highest BCUT2D eigenvalue weighted by Gasteiger charge is 2.25. The Balaban J connectivity index is 1.86. The maximum atomic E-state index is 13.6. The van der Waals surface area contributed by atoms with Crippen molar-refractivity contribution < 1.29 is 19.1 Å². The first-order valence-corrected chi connectivity index (χ1v) is 10.9. The third-order valence-electron chi connectivity index (χ3n) is 5.84. The lowest BCUT2D eigenvalue weighted by molar-refractivity contribution is -0.105. The molecule has 2 amide bonds. The monoisotopic (exact) mass is 473 g/mol. The number of nitrogens with zero attached hydrogens (tertiary/aromatic N) is 2. The van der Waals surface area contributed by atoms with E-state index in [-0.39, 0.29) is 23.7 Å². The Bertz CT molecular complexity index is 1410. The minimum absolute atomic E-state index is 0.259. The van der Waals surface area contributed by atoms with Gasteiger partial charge in [-0.05, 0) is 42.8 Å². The lowest BCUT2D eigenvalue weighted by Crippen LogP contribution is -2.27. The number of anilines is 2. The van der Waals surface area contributed by atoms with E-state index in [1.54, 1.807) is 26.3 Å². The summed E-state index contributed by atoms with van der Waals surface area (Å²) in [6.07, 6.45) is 0.520.